The highest BCUT2D eigenvalue weighted by Crippen LogP contribution is 2.23. The Balaban J connectivity index is 2.21. The first-order valence-corrected chi connectivity index (χ1v) is 4.29. The predicted octanol–water partition coefficient (Wildman–Crippen LogP) is 0.154. The van der Waals surface area contributed by atoms with Gasteiger partial charge in [-0.3, -0.25) is 0 Å². The second-order valence-corrected chi connectivity index (χ2v) is 2.93. The van der Waals surface area contributed by atoms with E-state index in [0.29, 0.717) is 32.1 Å². The molecule has 2 rings (SSSR count). The van der Waals surface area contributed by atoms with Crippen LogP contribution in [0.4, 0.5) is 11.6 Å². The molecule has 1 N–H and O–H groups in total. The largest absolute Gasteiger partial charge is 0.378 e. The molecule has 1 aromatic rings. The van der Waals surface area contributed by atoms with Crippen LogP contribution in [0.3, 0.4) is 0 Å². The quantitative estimate of drug-likeness (QED) is 0.540. The first-order valence-electron chi connectivity index (χ1n) is 4.29. The van der Waals surface area contributed by atoms with E-state index in [9.17, 15) is 10.1 Å². The van der Waals surface area contributed by atoms with Crippen LogP contribution in [0.5, 0.6) is 0 Å². The third-order valence-electron chi connectivity index (χ3n) is 2.09. The number of imidazole rings is 1. The SMILES string of the molecule is O=[N+]([O-])c1[nH]cnc1N1CCOCC1. The minimum absolute atomic E-state index is 0.0492. The van der Waals surface area contributed by atoms with Gasteiger partial charge in [-0.2, -0.15) is 4.98 Å². The van der Waals surface area contributed by atoms with Crippen LogP contribution in [0.15, 0.2) is 6.33 Å². The molecule has 0 unspecified atom stereocenters. The summed E-state index contributed by atoms with van der Waals surface area (Å²) < 4.78 is 5.15. The van der Waals surface area contributed by atoms with E-state index in [1.807, 2.05) is 4.90 Å². The fraction of sp³-hybridized carbons (Fsp3) is 0.571. The zero-order valence-electron chi connectivity index (χ0n) is 7.47. The summed E-state index contributed by atoms with van der Waals surface area (Å²) in [5.41, 5.74) is 0. The van der Waals surface area contributed by atoms with Crippen molar-refractivity contribution in [3.63, 3.8) is 0 Å². The van der Waals surface area contributed by atoms with Crippen molar-refractivity contribution in [1.29, 1.82) is 0 Å². The molecule has 0 saturated carbocycles. The summed E-state index contributed by atoms with van der Waals surface area (Å²) in [4.78, 5) is 18.4. The molecule has 7 heteroatoms. The Kier molecular flexibility index (Phi) is 2.32. The summed E-state index contributed by atoms with van der Waals surface area (Å²) in [6.07, 6.45) is 1.34. The fourth-order valence-electron chi connectivity index (χ4n) is 1.42. The van der Waals surface area contributed by atoms with Gasteiger partial charge in [0.05, 0.1) is 13.2 Å². The van der Waals surface area contributed by atoms with E-state index < -0.39 is 4.92 Å². The van der Waals surface area contributed by atoms with Crippen LogP contribution in [0.25, 0.3) is 0 Å². The number of nitrogens with one attached hydrogen (secondary N) is 1. The Hall–Kier alpha value is -1.63. The molecule has 0 bridgehead atoms. The van der Waals surface area contributed by atoms with Crippen molar-refractivity contribution in [2.45, 2.75) is 0 Å². The van der Waals surface area contributed by atoms with E-state index in [0.717, 1.165) is 0 Å². The zero-order valence-corrected chi connectivity index (χ0v) is 7.47. The summed E-state index contributed by atoms with van der Waals surface area (Å²) in [6.45, 7) is 2.46. The minimum Gasteiger partial charge on any atom is -0.378 e. The van der Waals surface area contributed by atoms with E-state index >= 15 is 0 Å². The molecule has 76 valence electrons. The average molecular weight is 198 g/mol. The van der Waals surface area contributed by atoms with Crippen LogP contribution < -0.4 is 4.90 Å². The van der Waals surface area contributed by atoms with Crippen LogP contribution in [-0.2, 0) is 4.74 Å². The maximum Gasteiger partial charge on any atom is 0.365 e. The van der Waals surface area contributed by atoms with Crippen LogP contribution in [-0.4, -0.2) is 41.2 Å². The van der Waals surface area contributed by atoms with E-state index in [1.54, 1.807) is 0 Å². The highest BCUT2D eigenvalue weighted by molar-refractivity contribution is 5.53. The van der Waals surface area contributed by atoms with E-state index in [4.69, 9.17) is 4.74 Å². The molecule has 0 amide bonds. The van der Waals surface area contributed by atoms with Gasteiger partial charge in [0.15, 0.2) is 6.33 Å². The van der Waals surface area contributed by atoms with Gasteiger partial charge < -0.3 is 19.8 Å². The van der Waals surface area contributed by atoms with Crippen molar-refractivity contribution < 1.29 is 9.66 Å². The van der Waals surface area contributed by atoms with Gasteiger partial charge in [0.25, 0.3) is 0 Å². The molecule has 1 aromatic heterocycles. The highest BCUT2D eigenvalue weighted by Gasteiger charge is 2.22. The number of morpholine rings is 1. The molecule has 2 heterocycles. The molecule has 0 aliphatic carbocycles. The molecule has 7 nitrogen and oxygen atoms in total. The summed E-state index contributed by atoms with van der Waals surface area (Å²) in [7, 11) is 0. The van der Waals surface area contributed by atoms with E-state index in [2.05, 4.69) is 9.97 Å². The Labute approximate surface area is 79.8 Å². The predicted molar refractivity (Wildman–Crippen MR) is 48.3 cm³/mol. The standard InChI is InChI=1S/C7H10N4O3/c12-11(13)7-6(8-5-9-7)10-1-3-14-4-2-10/h5H,1-4H2,(H,8,9). The lowest BCUT2D eigenvalue weighted by Gasteiger charge is -2.25. The number of ether oxygens (including phenoxy) is 1. The number of nitro groups is 1. The topological polar surface area (TPSA) is 84.3 Å². The molecule has 0 radical (unpaired) electrons. The number of nitrogens with zero attached hydrogens (tertiary/aromatic N) is 3. The molecule has 0 atom stereocenters. The highest BCUT2D eigenvalue weighted by atomic mass is 16.6. The van der Waals surface area contributed by atoms with Gasteiger partial charge in [-0.25, -0.2) is 4.98 Å². The summed E-state index contributed by atoms with van der Waals surface area (Å²) in [5.74, 6) is 0.352. The van der Waals surface area contributed by atoms with Crippen molar-refractivity contribution in [2.24, 2.45) is 0 Å². The summed E-state index contributed by atoms with van der Waals surface area (Å²) >= 11 is 0. The van der Waals surface area contributed by atoms with E-state index in [-0.39, 0.29) is 5.82 Å². The Morgan fingerprint density at radius 1 is 1.57 bits per heavy atom. The average Bonchev–Trinajstić information content (AvgIpc) is 2.67. The maximum atomic E-state index is 10.6. The number of rotatable bonds is 2. The van der Waals surface area contributed by atoms with Crippen molar-refractivity contribution >= 4 is 11.6 Å². The van der Waals surface area contributed by atoms with Crippen molar-refractivity contribution in [3.8, 4) is 0 Å². The Morgan fingerprint density at radius 3 is 2.93 bits per heavy atom. The molecule has 1 aliphatic rings. The van der Waals surface area contributed by atoms with Gasteiger partial charge in [0.2, 0.25) is 5.82 Å². The lowest BCUT2D eigenvalue weighted by Crippen LogP contribution is -2.36. The number of H-pyrrole nitrogens is 1. The van der Waals surface area contributed by atoms with Gasteiger partial charge in [-0.05, 0) is 4.92 Å². The fourth-order valence-corrected chi connectivity index (χ4v) is 1.42. The van der Waals surface area contributed by atoms with Crippen LogP contribution >= 0.6 is 0 Å². The van der Waals surface area contributed by atoms with Crippen molar-refractivity contribution in [2.75, 3.05) is 31.2 Å². The smallest absolute Gasteiger partial charge is 0.365 e. The second-order valence-electron chi connectivity index (χ2n) is 2.93. The number of anilines is 1. The van der Waals surface area contributed by atoms with Crippen molar-refractivity contribution in [1.82, 2.24) is 9.97 Å². The number of aromatic nitrogens is 2. The van der Waals surface area contributed by atoms with Crippen molar-refractivity contribution in [3.05, 3.63) is 16.4 Å². The van der Waals surface area contributed by atoms with Gasteiger partial charge in [-0.1, -0.05) is 0 Å². The molecular formula is C7H10N4O3. The first-order chi connectivity index (χ1) is 6.79. The minimum atomic E-state index is -0.461. The molecule has 14 heavy (non-hydrogen) atoms. The zero-order chi connectivity index (χ0) is 9.97. The number of hydrogen-bond acceptors (Lipinski definition) is 5. The first kappa shape index (κ1) is 8.95. The van der Waals surface area contributed by atoms with Gasteiger partial charge in [0.1, 0.15) is 0 Å². The van der Waals surface area contributed by atoms with Crippen LogP contribution in [0, 0.1) is 10.1 Å². The summed E-state index contributed by atoms with van der Waals surface area (Å²) in [5, 5.41) is 10.6. The van der Waals surface area contributed by atoms with Gasteiger partial charge in [-0.15, -0.1) is 0 Å². The monoisotopic (exact) mass is 198 g/mol. The number of aromatic amines is 1. The van der Waals surface area contributed by atoms with Gasteiger partial charge in [0, 0.05) is 13.1 Å². The summed E-state index contributed by atoms with van der Waals surface area (Å²) in [6, 6.07) is 0. The molecular weight excluding hydrogens is 188 g/mol. The Morgan fingerprint density at radius 2 is 2.29 bits per heavy atom. The molecule has 1 fully saturated rings. The second kappa shape index (κ2) is 3.62. The van der Waals surface area contributed by atoms with Gasteiger partial charge >= 0.3 is 5.82 Å². The Bertz CT molecular complexity index is 331. The third-order valence-corrected chi connectivity index (χ3v) is 2.09. The maximum absolute atomic E-state index is 10.6. The number of hydrogen-bond donors (Lipinski definition) is 1. The molecule has 0 aromatic carbocycles. The normalized spacial score (nSPS) is 17.0. The van der Waals surface area contributed by atoms with E-state index in [1.165, 1.54) is 6.33 Å². The van der Waals surface area contributed by atoms with Crippen LogP contribution in [0.1, 0.15) is 0 Å². The van der Waals surface area contributed by atoms with Crippen LogP contribution in [0.2, 0.25) is 0 Å². The molecule has 1 aliphatic heterocycles. The molecule has 0 spiro atoms. The molecule has 1 saturated heterocycles. The lowest BCUT2D eigenvalue weighted by molar-refractivity contribution is -0.388. The lowest BCUT2D eigenvalue weighted by atomic mass is 10.4. The third kappa shape index (κ3) is 1.53.